The van der Waals surface area contributed by atoms with Gasteiger partial charge in [-0.2, -0.15) is 4.98 Å². The number of nitrogens with zero attached hydrogens (tertiary/aromatic N) is 3. The van der Waals surface area contributed by atoms with Crippen molar-refractivity contribution in [1.29, 1.82) is 0 Å². The first-order chi connectivity index (χ1) is 10.0. The monoisotopic (exact) mass is 415 g/mol. The van der Waals surface area contributed by atoms with E-state index in [-0.39, 0.29) is 11.5 Å². The van der Waals surface area contributed by atoms with E-state index in [1.54, 1.807) is 6.07 Å². The van der Waals surface area contributed by atoms with E-state index in [1.807, 2.05) is 19.1 Å². The van der Waals surface area contributed by atoms with Gasteiger partial charge in [-0.1, -0.05) is 15.9 Å². The molecule has 0 amide bonds. The summed E-state index contributed by atoms with van der Waals surface area (Å²) < 4.78 is 1.65. The van der Waals surface area contributed by atoms with Crippen LogP contribution in [0.3, 0.4) is 0 Å². The molecule has 9 heteroatoms. The standard InChI is InChI=1S/C12H11Br2N5O2/c1-2-15-12-16-6-10(19(20)21)11(18-12)17-9-4-3-7(13)5-8(9)14/h3-6H,2H2,1H3,(H2,15,16,17,18). The van der Waals surface area contributed by atoms with E-state index in [2.05, 4.69) is 52.5 Å². The lowest BCUT2D eigenvalue weighted by Crippen LogP contribution is -2.06. The second kappa shape index (κ2) is 6.81. The summed E-state index contributed by atoms with van der Waals surface area (Å²) >= 11 is 6.74. The fraction of sp³-hybridized carbons (Fsp3) is 0.167. The topological polar surface area (TPSA) is 93.0 Å². The molecular formula is C12H11Br2N5O2. The van der Waals surface area contributed by atoms with Gasteiger partial charge in [0.1, 0.15) is 6.20 Å². The summed E-state index contributed by atoms with van der Waals surface area (Å²) in [6.07, 6.45) is 1.18. The van der Waals surface area contributed by atoms with Gasteiger partial charge in [0.05, 0.1) is 10.6 Å². The van der Waals surface area contributed by atoms with E-state index < -0.39 is 4.92 Å². The molecule has 2 aromatic rings. The molecule has 0 saturated heterocycles. The maximum atomic E-state index is 11.1. The minimum Gasteiger partial charge on any atom is -0.354 e. The van der Waals surface area contributed by atoms with Crippen LogP contribution in [0.5, 0.6) is 0 Å². The lowest BCUT2D eigenvalue weighted by molar-refractivity contribution is -0.384. The molecule has 2 rings (SSSR count). The molecule has 0 spiro atoms. The van der Waals surface area contributed by atoms with Gasteiger partial charge < -0.3 is 10.6 Å². The molecule has 0 atom stereocenters. The average molecular weight is 417 g/mol. The Bertz CT molecular complexity index is 681. The summed E-state index contributed by atoms with van der Waals surface area (Å²) in [7, 11) is 0. The predicted octanol–water partition coefficient (Wildman–Crippen LogP) is 4.09. The third kappa shape index (κ3) is 3.88. The van der Waals surface area contributed by atoms with Gasteiger partial charge in [0.2, 0.25) is 11.8 Å². The lowest BCUT2D eigenvalue weighted by Gasteiger charge is -2.10. The van der Waals surface area contributed by atoms with Gasteiger partial charge in [-0.25, -0.2) is 4.98 Å². The van der Waals surface area contributed by atoms with Crippen molar-refractivity contribution >= 4 is 55.0 Å². The van der Waals surface area contributed by atoms with Crippen LogP contribution in [0.15, 0.2) is 33.3 Å². The number of nitrogens with one attached hydrogen (secondary N) is 2. The molecule has 0 bridgehead atoms. The van der Waals surface area contributed by atoms with E-state index >= 15 is 0 Å². The Hall–Kier alpha value is -1.74. The van der Waals surface area contributed by atoms with Crippen LogP contribution in [0, 0.1) is 10.1 Å². The number of nitro groups is 1. The van der Waals surface area contributed by atoms with Crippen LogP contribution in [0.4, 0.5) is 23.1 Å². The molecule has 0 radical (unpaired) electrons. The first-order valence-corrected chi connectivity index (χ1v) is 7.57. The Morgan fingerprint density at radius 3 is 2.76 bits per heavy atom. The Labute approximate surface area is 137 Å². The summed E-state index contributed by atoms with van der Waals surface area (Å²) in [5.41, 5.74) is 0.480. The van der Waals surface area contributed by atoms with Crippen LogP contribution < -0.4 is 10.6 Å². The molecule has 0 unspecified atom stereocenters. The molecular weight excluding hydrogens is 406 g/mol. The van der Waals surface area contributed by atoms with Gasteiger partial charge in [-0.3, -0.25) is 10.1 Å². The van der Waals surface area contributed by atoms with Crippen molar-refractivity contribution < 1.29 is 4.92 Å². The number of rotatable bonds is 5. The minimum absolute atomic E-state index is 0.133. The first-order valence-electron chi connectivity index (χ1n) is 5.98. The van der Waals surface area contributed by atoms with Crippen LogP contribution in [0.1, 0.15) is 6.92 Å². The van der Waals surface area contributed by atoms with E-state index in [0.29, 0.717) is 18.2 Å². The molecule has 1 heterocycles. The van der Waals surface area contributed by atoms with E-state index in [4.69, 9.17) is 0 Å². The molecule has 21 heavy (non-hydrogen) atoms. The van der Waals surface area contributed by atoms with E-state index in [0.717, 1.165) is 8.95 Å². The summed E-state index contributed by atoms with van der Waals surface area (Å²) in [6.45, 7) is 2.52. The molecule has 2 N–H and O–H groups in total. The maximum absolute atomic E-state index is 11.1. The fourth-order valence-electron chi connectivity index (χ4n) is 1.56. The van der Waals surface area contributed by atoms with Gasteiger partial charge in [0.15, 0.2) is 0 Å². The average Bonchev–Trinajstić information content (AvgIpc) is 2.42. The van der Waals surface area contributed by atoms with Crippen LogP contribution in [-0.4, -0.2) is 21.4 Å². The van der Waals surface area contributed by atoms with Crippen molar-refractivity contribution in [3.8, 4) is 0 Å². The zero-order valence-corrected chi connectivity index (χ0v) is 14.1. The van der Waals surface area contributed by atoms with Crippen molar-refractivity contribution in [2.24, 2.45) is 0 Å². The van der Waals surface area contributed by atoms with E-state index in [9.17, 15) is 10.1 Å². The SMILES string of the molecule is CCNc1ncc([N+](=O)[O-])c(Nc2ccc(Br)cc2Br)n1. The van der Waals surface area contributed by atoms with Crippen LogP contribution in [0.2, 0.25) is 0 Å². The van der Waals surface area contributed by atoms with Gasteiger partial charge >= 0.3 is 5.69 Å². The number of halogens is 2. The summed E-state index contributed by atoms with van der Waals surface area (Å²) in [6, 6.07) is 5.44. The number of hydrogen-bond acceptors (Lipinski definition) is 6. The molecule has 0 fully saturated rings. The lowest BCUT2D eigenvalue weighted by atomic mass is 10.3. The minimum atomic E-state index is -0.523. The Balaban J connectivity index is 2.40. The van der Waals surface area contributed by atoms with Crippen molar-refractivity contribution in [3.05, 3.63) is 43.5 Å². The Morgan fingerprint density at radius 1 is 1.38 bits per heavy atom. The summed E-state index contributed by atoms with van der Waals surface area (Å²) in [5, 5.41) is 16.9. The highest BCUT2D eigenvalue weighted by Gasteiger charge is 2.18. The van der Waals surface area contributed by atoms with E-state index in [1.165, 1.54) is 6.20 Å². The van der Waals surface area contributed by atoms with Crippen molar-refractivity contribution in [3.63, 3.8) is 0 Å². The third-order valence-electron chi connectivity index (χ3n) is 2.49. The second-order valence-corrected chi connectivity index (χ2v) is 5.73. The molecule has 1 aromatic carbocycles. The highest BCUT2D eigenvalue weighted by Crippen LogP contribution is 2.31. The molecule has 7 nitrogen and oxygen atoms in total. The number of hydrogen-bond donors (Lipinski definition) is 2. The fourth-order valence-corrected chi connectivity index (χ4v) is 2.71. The number of anilines is 3. The normalized spacial score (nSPS) is 10.2. The third-order valence-corrected chi connectivity index (χ3v) is 3.63. The van der Waals surface area contributed by atoms with Crippen molar-refractivity contribution in [2.45, 2.75) is 6.92 Å². The molecule has 0 saturated carbocycles. The first kappa shape index (κ1) is 15.6. The second-order valence-electron chi connectivity index (χ2n) is 3.96. The van der Waals surface area contributed by atoms with Crippen LogP contribution in [0.25, 0.3) is 0 Å². The van der Waals surface area contributed by atoms with Gasteiger partial charge in [0, 0.05) is 15.5 Å². The summed E-state index contributed by atoms with van der Waals surface area (Å²) in [4.78, 5) is 18.6. The zero-order chi connectivity index (χ0) is 15.4. The molecule has 110 valence electrons. The van der Waals surface area contributed by atoms with Gasteiger partial charge in [-0.05, 0) is 41.1 Å². The van der Waals surface area contributed by atoms with Gasteiger partial charge in [-0.15, -0.1) is 0 Å². The highest BCUT2D eigenvalue weighted by molar-refractivity contribution is 9.11. The van der Waals surface area contributed by atoms with Crippen LogP contribution in [-0.2, 0) is 0 Å². The quantitative estimate of drug-likeness (QED) is 0.563. The number of aromatic nitrogens is 2. The molecule has 0 aliphatic heterocycles. The summed E-state index contributed by atoms with van der Waals surface area (Å²) in [5.74, 6) is 0.466. The molecule has 0 aliphatic rings. The smallest absolute Gasteiger partial charge is 0.329 e. The molecule has 1 aromatic heterocycles. The Kier molecular flexibility index (Phi) is 5.07. The maximum Gasteiger partial charge on any atom is 0.329 e. The highest BCUT2D eigenvalue weighted by atomic mass is 79.9. The zero-order valence-electron chi connectivity index (χ0n) is 10.9. The largest absolute Gasteiger partial charge is 0.354 e. The van der Waals surface area contributed by atoms with Crippen LogP contribution >= 0.6 is 31.9 Å². The van der Waals surface area contributed by atoms with Crippen molar-refractivity contribution in [1.82, 2.24) is 9.97 Å². The van der Waals surface area contributed by atoms with Gasteiger partial charge in [0.25, 0.3) is 0 Å². The Morgan fingerprint density at radius 2 is 2.14 bits per heavy atom. The predicted molar refractivity (Wildman–Crippen MR) is 88.0 cm³/mol. The molecule has 0 aliphatic carbocycles. The number of benzene rings is 1. The van der Waals surface area contributed by atoms with Crippen molar-refractivity contribution in [2.75, 3.05) is 17.2 Å².